The first-order valence-electron chi connectivity index (χ1n) is 6.36. The van der Waals surface area contributed by atoms with E-state index in [0.717, 1.165) is 24.8 Å². The molecule has 0 aromatic carbocycles. The average Bonchev–Trinajstić information content (AvgIpc) is 2.30. The van der Waals surface area contributed by atoms with Gasteiger partial charge in [0.25, 0.3) is 0 Å². The summed E-state index contributed by atoms with van der Waals surface area (Å²) in [7, 11) is 0. The Bertz CT molecular complexity index is 261. The molecular weight excluding hydrogens is 200 g/mol. The number of hydrogen-bond donors (Lipinski definition) is 2. The first-order chi connectivity index (χ1) is 7.69. The summed E-state index contributed by atoms with van der Waals surface area (Å²) < 4.78 is 0. The Morgan fingerprint density at radius 1 is 1.44 bits per heavy atom. The number of nitrogens with one attached hydrogen (secondary N) is 1. The first-order valence-corrected chi connectivity index (χ1v) is 6.36. The molecule has 0 radical (unpaired) electrons. The van der Waals surface area contributed by atoms with Gasteiger partial charge in [-0.2, -0.15) is 0 Å². The van der Waals surface area contributed by atoms with Crippen molar-refractivity contribution < 1.29 is 4.79 Å². The number of carbonyl (C=O) groups excluding carboxylic acids is 1. The van der Waals surface area contributed by atoms with Crippen LogP contribution in [0.2, 0.25) is 0 Å². The van der Waals surface area contributed by atoms with Crippen molar-refractivity contribution in [2.45, 2.75) is 52.0 Å². The fourth-order valence-corrected chi connectivity index (χ4v) is 2.36. The van der Waals surface area contributed by atoms with E-state index >= 15 is 0 Å². The summed E-state index contributed by atoms with van der Waals surface area (Å²) in [5.41, 5.74) is 6.56. The van der Waals surface area contributed by atoms with Gasteiger partial charge in [0, 0.05) is 11.6 Å². The highest BCUT2D eigenvalue weighted by molar-refractivity contribution is 5.92. The molecule has 1 saturated carbocycles. The second-order valence-electron chi connectivity index (χ2n) is 4.66. The first kappa shape index (κ1) is 13.2. The lowest BCUT2D eigenvalue weighted by molar-refractivity contribution is -0.118. The van der Waals surface area contributed by atoms with Gasteiger partial charge in [-0.1, -0.05) is 25.8 Å². The van der Waals surface area contributed by atoms with Gasteiger partial charge < -0.3 is 11.1 Å². The molecule has 3 N–H and O–H groups in total. The predicted molar refractivity (Wildman–Crippen MR) is 67.0 cm³/mol. The molecule has 2 atom stereocenters. The van der Waals surface area contributed by atoms with Gasteiger partial charge in [0.1, 0.15) is 0 Å². The summed E-state index contributed by atoms with van der Waals surface area (Å²) in [4.78, 5) is 11.8. The van der Waals surface area contributed by atoms with Crippen LogP contribution < -0.4 is 11.1 Å². The molecule has 1 aliphatic rings. The van der Waals surface area contributed by atoms with Crippen LogP contribution >= 0.6 is 0 Å². The molecule has 3 nitrogen and oxygen atoms in total. The lowest BCUT2D eigenvalue weighted by atomic mass is 9.84. The number of hydrogen-bond acceptors (Lipinski definition) is 2. The molecule has 0 aromatic heterocycles. The van der Waals surface area contributed by atoms with Gasteiger partial charge in [0.05, 0.1) is 0 Å². The van der Waals surface area contributed by atoms with Crippen LogP contribution in [0.1, 0.15) is 46.0 Å². The Balaban J connectivity index is 2.51. The van der Waals surface area contributed by atoms with Crippen LogP contribution in [0.25, 0.3) is 0 Å². The maximum atomic E-state index is 11.8. The number of allylic oxidation sites excluding steroid dienone is 1. The Hall–Kier alpha value is -0.830. The maximum Gasteiger partial charge on any atom is 0.246 e. The molecule has 1 rings (SSSR count). The van der Waals surface area contributed by atoms with Crippen LogP contribution in [0.3, 0.4) is 0 Å². The lowest BCUT2D eigenvalue weighted by Gasteiger charge is -2.31. The Morgan fingerprint density at radius 2 is 2.12 bits per heavy atom. The largest absolute Gasteiger partial charge is 0.349 e. The molecule has 0 aliphatic heterocycles. The second-order valence-corrected chi connectivity index (χ2v) is 4.66. The van der Waals surface area contributed by atoms with E-state index in [1.807, 2.05) is 19.9 Å². The highest BCUT2D eigenvalue weighted by Gasteiger charge is 2.25. The zero-order chi connectivity index (χ0) is 12.0. The summed E-state index contributed by atoms with van der Waals surface area (Å²) in [5.74, 6) is 0.541. The van der Waals surface area contributed by atoms with E-state index < -0.39 is 0 Å². The van der Waals surface area contributed by atoms with Gasteiger partial charge in [-0.15, -0.1) is 0 Å². The van der Waals surface area contributed by atoms with E-state index in [2.05, 4.69) is 5.32 Å². The zero-order valence-electron chi connectivity index (χ0n) is 10.5. The van der Waals surface area contributed by atoms with Crippen LogP contribution in [0, 0.1) is 5.92 Å². The van der Waals surface area contributed by atoms with Crippen molar-refractivity contribution in [1.82, 2.24) is 5.32 Å². The monoisotopic (exact) mass is 224 g/mol. The molecule has 0 spiro atoms. The van der Waals surface area contributed by atoms with E-state index in [1.54, 1.807) is 0 Å². The molecule has 92 valence electrons. The van der Waals surface area contributed by atoms with E-state index in [9.17, 15) is 4.79 Å². The molecule has 3 heteroatoms. The SMILES string of the molecule is CCC=C(C)C(=O)NC1CCCCC1CN. The fourth-order valence-electron chi connectivity index (χ4n) is 2.36. The molecule has 0 aromatic rings. The highest BCUT2D eigenvalue weighted by atomic mass is 16.1. The number of amides is 1. The number of rotatable bonds is 4. The molecule has 1 amide bonds. The summed E-state index contributed by atoms with van der Waals surface area (Å²) in [6, 6.07) is 0.284. The van der Waals surface area contributed by atoms with Crippen molar-refractivity contribution in [2.24, 2.45) is 11.7 Å². The van der Waals surface area contributed by atoms with Crippen molar-refractivity contribution in [2.75, 3.05) is 6.54 Å². The summed E-state index contributed by atoms with van der Waals surface area (Å²) in [6.07, 6.45) is 7.56. The van der Waals surface area contributed by atoms with Crippen molar-refractivity contribution in [1.29, 1.82) is 0 Å². The summed E-state index contributed by atoms with van der Waals surface area (Å²) >= 11 is 0. The predicted octanol–water partition coefficient (Wildman–Crippen LogP) is 1.98. The molecule has 1 aliphatic carbocycles. The minimum atomic E-state index is 0.0761. The third-order valence-electron chi connectivity index (χ3n) is 3.40. The minimum absolute atomic E-state index is 0.0761. The topological polar surface area (TPSA) is 55.1 Å². The average molecular weight is 224 g/mol. The maximum absolute atomic E-state index is 11.8. The Kier molecular flexibility index (Phi) is 5.53. The Morgan fingerprint density at radius 3 is 2.75 bits per heavy atom. The van der Waals surface area contributed by atoms with E-state index in [0.29, 0.717) is 12.5 Å². The zero-order valence-corrected chi connectivity index (χ0v) is 10.5. The highest BCUT2D eigenvalue weighted by Crippen LogP contribution is 2.23. The molecule has 2 unspecified atom stereocenters. The van der Waals surface area contributed by atoms with Crippen molar-refractivity contribution in [3.8, 4) is 0 Å². The number of nitrogens with two attached hydrogens (primary N) is 1. The smallest absolute Gasteiger partial charge is 0.246 e. The molecule has 0 bridgehead atoms. The molecular formula is C13H24N2O. The van der Waals surface area contributed by atoms with Crippen molar-refractivity contribution >= 4 is 5.91 Å². The fraction of sp³-hybridized carbons (Fsp3) is 0.769. The van der Waals surface area contributed by atoms with Crippen molar-refractivity contribution in [3.05, 3.63) is 11.6 Å². The van der Waals surface area contributed by atoms with Gasteiger partial charge >= 0.3 is 0 Å². The van der Waals surface area contributed by atoms with Crippen LogP contribution in [0.15, 0.2) is 11.6 Å². The third kappa shape index (κ3) is 3.63. The number of carbonyl (C=O) groups is 1. The van der Waals surface area contributed by atoms with Gasteiger partial charge in [0.2, 0.25) is 5.91 Å². The second kappa shape index (κ2) is 6.69. The van der Waals surface area contributed by atoms with E-state index in [1.165, 1.54) is 12.8 Å². The van der Waals surface area contributed by atoms with E-state index in [4.69, 9.17) is 5.73 Å². The lowest BCUT2D eigenvalue weighted by Crippen LogP contribution is -2.45. The standard InChI is InChI=1S/C13H24N2O/c1-3-6-10(2)13(16)15-12-8-5-4-7-11(12)9-14/h6,11-12H,3-5,7-9,14H2,1-2H3,(H,15,16). The van der Waals surface area contributed by atoms with Gasteiger partial charge in [-0.25, -0.2) is 0 Å². The van der Waals surface area contributed by atoms with Crippen LogP contribution in [-0.2, 0) is 4.79 Å². The van der Waals surface area contributed by atoms with Crippen LogP contribution in [0.5, 0.6) is 0 Å². The normalized spacial score (nSPS) is 26.6. The summed E-state index contributed by atoms with van der Waals surface area (Å²) in [6.45, 7) is 4.60. The van der Waals surface area contributed by atoms with Crippen molar-refractivity contribution in [3.63, 3.8) is 0 Å². The molecule has 0 heterocycles. The third-order valence-corrected chi connectivity index (χ3v) is 3.40. The van der Waals surface area contributed by atoms with Gasteiger partial charge in [-0.05, 0) is 38.6 Å². The van der Waals surface area contributed by atoms with Crippen LogP contribution in [-0.4, -0.2) is 18.5 Å². The quantitative estimate of drug-likeness (QED) is 0.717. The van der Waals surface area contributed by atoms with Gasteiger partial charge in [0.15, 0.2) is 0 Å². The Labute approximate surface area is 98.5 Å². The molecule has 0 saturated heterocycles. The van der Waals surface area contributed by atoms with Gasteiger partial charge in [-0.3, -0.25) is 4.79 Å². The molecule has 16 heavy (non-hydrogen) atoms. The minimum Gasteiger partial charge on any atom is -0.349 e. The summed E-state index contributed by atoms with van der Waals surface area (Å²) in [5, 5.41) is 3.12. The van der Waals surface area contributed by atoms with Crippen LogP contribution in [0.4, 0.5) is 0 Å². The molecule has 1 fully saturated rings. The van der Waals surface area contributed by atoms with E-state index in [-0.39, 0.29) is 11.9 Å².